The summed E-state index contributed by atoms with van der Waals surface area (Å²) in [6.45, 7) is 0. The molecule has 0 bridgehead atoms. The van der Waals surface area contributed by atoms with E-state index in [-0.39, 0.29) is 17.6 Å². The lowest BCUT2D eigenvalue weighted by Gasteiger charge is -2.03. The molecule has 2 heterocycles. The molecule has 1 aromatic carbocycles. The number of hydrogen-bond acceptors (Lipinski definition) is 7. The van der Waals surface area contributed by atoms with E-state index >= 15 is 0 Å². The van der Waals surface area contributed by atoms with E-state index < -0.39 is 11.3 Å². The fraction of sp³-hybridized carbons (Fsp3) is 0. The minimum Gasteiger partial charge on any atom is -0.502 e. The first-order valence-corrected chi connectivity index (χ1v) is 6.31. The third-order valence-corrected chi connectivity index (χ3v) is 2.72. The second kappa shape index (κ2) is 5.92. The minimum atomic E-state index is -0.697. The van der Waals surface area contributed by atoms with Crippen molar-refractivity contribution in [2.24, 2.45) is 10.2 Å². The molecular formula is C14H10N6O2. The number of H-pyrrole nitrogens is 1. The van der Waals surface area contributed by atoms with Crippen LogP contribution in [0.5, 0.6) is 5.75 Å². The molecule has 22 heavy (non-hydrogen) atoms. The maximum atomic E-state index is 11.8. The standard InChI is InChI=1S/C14H10N6O2/c21-11-10(9-5-2-1-3-6-9)17-14(18-12(11)22)20-19-13-15-7-4-8-16-13/h1-8,21H,(H,17,18,22). The Morgan fingerprint density at radius 3 is 2.45 bits per heavy atom. The number of aromatic amines is 1. The highest BCUT2D eigenvalue weighted by molar-refractivity contribution is 5.65. The van der Waals surface area contributed by atoms with Gasteiger partial charge in [-0.05, 0) is 6.07 Å². The van der Waals surface area contributed by atoms with Crippen molar-refractivity contribution in [3.05, 3.63) is 59.1 Å². The quantitative estimate of drug-likeness (QED) is 0.719. The molecule has 0 saturated heterocycles. The van der Waals surface area contributed by atoms with Crippen LogP contribution >= 0.6 is 0 Å². The van der Waals surface area contributed by atoms with Gasteiger partial charge in [0.1, 0.15) is 5.69 Å². The van der Waals surface area contributed by atoms with Crippen LogP contribution in [0.1, 0.15) is 0 Å². The van der Waals surface area contributed by atoms with Gasteiger partial charge >= 0.3 is 0 Å². The maximum absolute atomic E-state index is 11.8. The molecule has 0 aliphatic carbocycles. The third kappa shape index (κ3) is 2.85. The van der Waals surface area contributed by atoms with Gasteiger partial charge in [0.25, 0.3) is 17.5 Å². The van der Waals surface area contributed by atoms with Gasteiger partial charge in [-0.2, -0.15) is 0 Å². The number of azo groups is 1. The lowest BCUT2D eigenvalue weighted by atomic mass is 10.1. The van der Waals surface area contributed by atoms with Crippen LogP contribution in [-0.2, 0) is 0 Å². The lowest BCUT2D eigenvalue weighted by molar-refractivity contribution is 0.466. The normalized spacial score (nSPS) is 10.9. The summed E-state index contributed by atoms with van der Waals surface area (Å²) in [4.78, 5) is 25.9. The summed E-state index contributed by atoms with van der Waals surface area (Å²) in [6.07, 6.45) is 3.04. The Bertz CT molecular complexity index is 862. The fourth-order valence-electron chi connectivity index (χ4n) is 1.73. The highest BCUT2D eigenvalue weighted by Crippen LogP contribution is 2.24. The van der Waals surface area contributed by atoms with Gasteiger partial charge in [-0.25, -0.2) is 15.0 Å². The number of aromatic hydroxyl groups is 1. The first-order chi connectivity index (χ1) is 10.7. The Balaban J connectivity index is 2.02. The van der Waals surface area contributed by atoms with Crippen LogP contribution in [0.3, 0.4) is 0 Å². The van der Waals surface area contributed by atoms with Crippen LogP contribution in [-0.4, -0.2) is 25.0 Å². The largest absolute Gasteiger partial charge is 0.502 e. The Morgan fingerprint density at radius 2 is 1.73 bits per heavy atom. The Hall–Kier alpha value is -3.42. The first-order valence-electron chi connectivity index (χ1n) is 6.31. The van der Waals surface area contributed by atoms with Gasteiger partial charge in [0, 0.05) is 18.0 Å². The topological polar surface area (TPSA) is 116 Å². The van der Waals surface area contributed by atoms with E-state index in [1.807, 2.05) is 6.07 Å². The summed E-state index contributed by atoms with van der Waals surface area (Å²) >= 11 is 0. The maximum Gasteiger partial charge on any atom is 0.295 e. The number of hydrogen-bond donors (Lipinski definition) is 2. The van der Waals surface area contributed by atoms with Crippen LogP contribution in [0.25, 0.3) is 11.3 Å². The molecule has 108 valence electrons. The number of aromatic nitrogens is 4. The van der Waals surface area contributed by atoms with E-state index in [4.69, 9.17) is 0 Å². The summed E-state index contributed by atoms with van der Waals surface area (Å²) in [6, 6.07) is 10.5. The second-order valence-corrected chi connectivity index (χ2v) is 4.20. The van der Waals surface area contributed by atoms with Crippen molar-refractivity contribution in [2.75, 3.05) is 0 Å². The molecule has 0 atom stereocenters. The molecule has 0 fully saturated rings. The molecule has 3 rings (SSSR count). The van der Waals surface area contributed by atoms with Crippen molar-refractivity contribution < 1.29 is 5.11 Å². The Kier molecular flexibility index (Phi) is 3.65. The molecule has 0 amide bonds. The Morgan fingerprint density at radius 1 is 1.00 bits per heavy atom. The molecular weight excluding hydrogens is 284 g/mol. The molecule has 2 N–H and O–H groups in total. The van der Waals surface area contributed by atoms with E-state index in [0.717, 1.165) is 0 Å². The summed E-state index contributed by atoms with van der Waals surface area (Å²) < 4.78 is 0. The van der Waals surface area contributed by atoms with Crippen molar-refractivity contribution >= 4 is 11.9 Å². The average Bonchev–Trinajstić information content (AvgIpc) is 2.57. The zero-order valence-electron chi connectivity index (χ0n) is 11.2. The van der Waals surface area contributed by atoms with Crippen LogP contribution < -0.4 is 5.56 Å². The molecule has 0 aliphatic rings. The summed E-state index contributed by atoms with van der Waals surface area (Å²) in [7, 11) is 0. The molecule has 0 saturated carbocycles. The zero-order valence-corrected chi connectivity index (χ0v) is 11.2. The molecule has 3 aromatic rings. The molecule has 0 aliphatic heterocycles. The minimum absolute atomic E-state index is 0.0471. The van der Waals surface area contributed by atoms with Gasteiger partial charge in [0.05, 0.1) is 0 Å². The predicted octanol–water partition coefficient (Wildman–Crippen LogP) is 2.35. The smallest absolute Gasteiger partial charge is 0.295 e. The lowest BCUT2D eigenvalue weighted by Crippen LogP contribution is -2.07. The average molecular weight is 294 g/mol. The summed E-state index contributed by atoms with van der Waals surface area (Å²) in [5.41, 5.74) is 0.0302. The van der Waals surface area contributed by atoms with Crippen molar-refractivity contribution in [3.8, 4) is 17.0 Å². The van der Waals surface area contributed by atoms with Crippen LogP contribution in [0.2, 0.25) is 0 Å². The van der Waals surface area contributed by atoms with Gasteiger partial charge < -0.3 is 5.11 Å². The highest BCUT2D eigenvalue weighted by atomic mass is 16.3. The first kappa shape index (κ1) is 13.6. The van der Waals surface area contributed by atoms with Crippen LogP contribution in [0.15, 0.2) is 63.8 Å². The second-order valence-electron chi connectivity index (χ2n) is 4.20. The van der Waals surface area contributed by atoms with Crippen LogP contribution in [0.4, 0.5) is 11.9 Å². The third-order valence-electron chi connectivity index (χ3n) is 2.72. The van der Waals surface area contributed by atoms with E-state index in [2.05, 4.69) is 30.2 Å². The molecule has 0 unspecified atom stereocenters. The number of rotatable bonds is 3. The van der Waals surface area contributed by atoms with Crippen molar-refractivity contribution in [1.29, 1.82) is 0 Å². The van der Waals surface area contributed by atoms with E-state index in [0.29, 0.717) is 5.56 Å². The van der Waals surface area contributed by atoms with Gasteiger partial charge in [-0.3, -0.25) is 9.78 Å². The van der Waals surface area contributed by atoms with E-state index in [1.165, 1.54) is 12.4 Å². The number of nitrogens with zero attached hydrogens (tertiary/aromatic N) is 5. The molecule has 8 heteroatoms. The molecule has 0 radical (unpaired) electrons. The van der Waals surface area contributed by atoms with E-state index in [1.54, 1.807) is 30.3 Å². The van der Waals surface area contributed by atoms with Gasteiger partial charge in [0.15, 0.2) is 0 Å². The van der Waals surface area contributed by atoms with Gasteiger partial charge in [0.2, 0.25) is 5.75 Å². The molecule has 2 aromatic heterocycles. The van der Waals surface area contributed by atoms with Crippen molar-refractivity contribution in [1.82, 2.24) is 19.9 Å². The molecule has 0 spiro atoms. The number of nitrogens with one attached hydrogen (secondary N) is 1. The van der Waals surface area contributed by atoms with Crippen LogP contribution in [0, 0.1) is 0 Å². The monoisotopic (exact) mass is 294 g/mol. The van der Waals surface area contributed by atoms with Crippen molar-refractivity contribution in [3.63, 3.8) is 0 Å². The van der Waals surface area contributed by atoms with Gasteiger partial charge in [-0.15, -0.1) is 10.2 Å². The SMILES string of the molecule is O=c1[nH]c(N=Nc2ncccn2)nc(-c2ccccc2)c1O. The predicted molar refractivity (Wildman–Crippen MR) is 78.2 cm³/mol. The molecule has 8 nitrogen and oxygen atoms in total. The summed E-state index contributed by atoms with van der Waals surface area (Å²) in [5, 5.41) is 17.4. The summed E-state index contributed by atoms with van der Waals surface area (Å²) in [5.74, 6) is -0.380. The van der Waals surface area contributed by atoms with E-state index in [9.17, 15) is 9.90 Å². The number of benzene rings is 1. The highest BCUT2D eigenvalue weighted by Gasteiger charge is 2.11. The zero-order chi connectivity index (χ0) is 15.4. The Labute approximate surface area is 124 Å². The van der Waals surface area contributed by atoms with Gasteiger partial charge in [-0.1, -0.05) is 30.3 Å². The van der Waals surface area contributed by atoms with Crippen molar-refractivity contribution in [2.45, 2.75) is 0 Å². The fourth-order valence-corrected chi connectivity index (χ4v) is 1.73.